The number of halogens is 6. The predicted octanol–water partition coefficient (Wildman–Crippen LogP) is 4.73. The van der Waals surface area contributed by atoms with Crippen LogP contribution in [0.25, 0.3) is 0 Å². The van der Waals surface area contributed by atoms with Crippen LogP contribution in [0.15, 0.2) is 23.2 Å². The van der Waals surface area contributed by atoms with Crippen LogP contribution in [0.2, 0.25) is 10.0 Å². The fourth-order valence-electron chi connectivity index (χ4n) is 1.77. The molecular formula is C12H7Cl6N3O2. The Morgan fingerprint density at radius 3 is 2.30 bits per heavy atom. The lowest BCUT2D eigenvalue weighted by atomic mass is 10.3. The highest BCUT2D eigenvalue weighted by Gasteiger charge is 2.44. The van der Waals surface area contributed by atoms with Gasteiger partial charge in [0.2, 0.25) is 9.63 Å². The highest BCUT2D eigenvalue weighted by molar-refractivity contribution is 6.70. The van der Waals surface area contributed by atoms with Crippen molar-refractivity contribution in [3.8, 4) is 0 Å². The Bertz CT molecular complexity index is 703. The van der Waals surface area contributed by atoms with Crippen LogP contribution in [0.5, 0.6) is 0 Å². The number of rotatable bonds is 2. The first-order valence-electron chi connectivity index (χ1n) is 5.90. The molecule has 0 saturated carbocycles. The summed E-state index contributed by atoms with van der Waals surface area (Å²) in [5.74, 6) is -1.02. The van der Waals surface area contributed by atoms with Crippen molar-refractivity contribution in [2.24, 2.45) is 4.99 Å². The van der Waals surface area contributed by atoms with E-state index >= 15 is 0 Å². The molecule has 0 aromatic heterocycles. The third-order valence-corrected chi connectivity index (χ3v) is 4.76. The van der Waals surface area contributed by atoms with Gasteiger partial charge in [-0.3, -0.25) is 9.69 Å². The number of hydrogen-bond donors (Lipinski definition) is 0. The van der Waals surface area contributed by atoms with Crippen LogP contribution in [0.4, 0.5) is 10.5 Å². The molecular weight excluding hydrogens is 431 g/mol. The van der Waals surface area contributed by atoms with E-state index in [1.54, 1.807) is 0 Å². The van der Waals surface area contributed by atoms with Crippen LogP contribution in [0, 0.1) is 0 Å². The zero-order chi connectivity index (χ0) is 17.5. The molecule has 23 heavy (non-hydrogen) atoms. The van der Waals surface area contributed by atoms with Gasteiger partial charge in [0, 0.05) is 12.1 Å². The Labute approximate surface area is 161 Å². The van der Waals surface area contributed by atoms with Gasteiger partial charge < -0.3 is 0 Å². The highest BCUT2D eigenvalue weighted by atomic mass is 35.6. The number of imide groups is 1. The Morgan fingerprint density at radius 1 is 1.17 bits per heavy atom. The van der Waals surface area contributed by atoms with Crippen LogP contribution in [0.1, 0.15) is 0 Å². The molecule has 0 radical (unpaired) electrons. The largest absolute Gasteiger partial charge is 0.337 e. The smallest absolute Gasteiger partial charge is 0.276 e. The topological polar surface area (TPSA) is 53.0 Å². The third kappa shape index (κ3) is 3.81. The van der Waals surface area contributed by atoms with E-state index in [1.807, 2.05) is 0 Å². The lowest BCUT2D eigenvalue weighted by Gasteiger charge is -2.15. The van der Waals surface area contributed by atoms with E-state index in [0.717, 1.165) is 9.80 Å². The fourth-order valence-corrected chi connectivity index (χ4v) is 2.50. The second-order valence-electron chi connectivity index (χ2n) is 4.41. The van der Waals surface area contributed by atoms with E-state index in [9.17, 15) is 9.59 Å². The molecule has 0 bridgehead atoms. The van der Waals surface area contributed by atoms with E-state index in [4.69, 9.17) is 69.6 Å². The fraction of sp³-hybridized carbons (Fsp3) is 0.250. The first-order valence-corrected chi connectivity index (χ1v) is 8.22. The molecule has 1 unspecified atom stereocenters. The molecule has 124 valence electrons. The molecule has 1 aromatic carbocycles. The Morgan fingerprint density at radius 2 is 1.78 bits per heavy atom. The molecule has 1 aromatic rings. The highest BCUT2D eigenvalue weighted by Crippen LogP contribution is 2.36. The minimum absolute atomic E-state index is 0.123. The van der Waals surface area contributed by atoms with Gasteiger partial charge in [-0.05, 0) is 18.2 Å². The summed E-state index contributed by atoms with van der Waals surface area (Å²) in [7, 11) is 1.34. The lowest BCUT2D eigenvalue weighted by Crippen LogP contribution is -2.31. The van der Waals surface area contributed by atoms with Gasteiger partial charge in [-0.15, -0.1) is 0 Å². The Kier molecular flexibility index (Phi) is 5.61. The number of aliphatic imine (C=N–C) groups is 1. The predicted molar refractivity (Wildman–Crippen MR) is 94.5 cm³/mol. The Hall–Kier alpha value is -0.430. The normalized spacial score (nSPS) is 19.0. The summed E-state index contributed by atoms with van der Waals surface area (Å²) in [6, 6.07) is 3.65. The number of nitrogens with zero attached hydrogens (tertiary/aromatic N) is 3. The van der Waals surface area contributed by atoms with Crippen LogP contribution >= 0.6 is 69.6 Å². The number of amides is 3. The quantitative estimate of drug-likeness (QED) is 0.381. The molecule has 5 nitrogen and oxygen atoms in total. The third-order valence-electron chi connectivity index (χ3n) is 2.85. The molecule has 0 spiro atoms. The van der Waals surface area contributed by atoms with Gasteiger partial charge in [-0.25, -0.2) is 14.7 Å². The lowest BCUT2D eigenvalue weighted by molar-refractivity contribution is -0.111. The van der Waals surface area contributed by atoms with Crippen LogP contribution in [-0.4, -0.2) is 39.0 Å². The molecule has 1 aliphatic heterocycles. The molecule has 1 saturated heterocycles. The summed E-state index contributed by atoms with van der Waals surface area (Å²) in [6.45, 7) is 0. The zero-order valence-corrected chi connectivity index (χ0v) is 15.8. The van der Waals surface area contributed by atoms with Crippen molar-refractivity contribution in [1.29, 1.82) is 0 Å². The van der Waals surface area contributed by atoms with Crippen molar-refractivity contribution in [2.75, 3.05) is 11.9 Å². The van der Waals surface area contributed by atoms with Crippen molar-refractivity contribution >= 4 is 93.1 Å². The van der Waals surface area contributed by atoms with Crippen molar-refractivity contribution in [1.82, 2.24) is 4.90 Å². The van der Waals surface area contributed by atoms with E-state index < -0.39 is 21.2 Å². The van der Waals surface area contributed by atoms with Crippen molar-refractivity contribution in [3.05, 3.63) is 28.2 Å². The maximum Gasteiger partial charge on any atom is 0.337 e. The number of benzene rings is 1. The standard InChI is InChI=1S/C12H7Cl6N3O2/c1-20-8(19-10(15)12(16,17)18)9(22)21(11(20)23)7-3-2-5(13)4-6(7)14/h2-4,10H,1H3. The number of hydrogen-bond acceptors (Lipinski definition) is 3. The van der Waals surface area contributed by atoms with Crippen LogP contribution in [-0.2, 0) is 4.79 Å². The summed E-state index contributed by atoms with van der Waals surface area (Å²) in [5.41, 5.74) is -1.20. The Balaban J connectivity index is 2.44. The minimum Gasteiger partial charge on any atom is -0.276 e. The number of amidine groups is 1. The van der Waals surface area contributed by atoms with Gasteiger partial charge in [-0.2, -0.15) is 0 Å². The van der Waals surface area contributed by atoms with Gasteiger partial charge >= 0.3 is 11.9 Å². The SMILES string of the molecule is CN1C(=O)N(c2ccc(Cl)cc2Cl)C(=O)C1=NC(Cl)C(Cl)(Cl)Cl. The number of anilines is 1. The molecule has 3 amide bonds. The molecule has 11 heteroatoms. The van der Waals surface area contributed by atoms with Gasteiger partial charge in [0.15, 0.2) is 5.50 Å². The van der Waals surface area contributed by atoms with Crippen molar-refractivity contribution in [3.63, 3.8) is 0 Å². The number of likely N-dealkylation sites (N-methyl/N-ethyl adjacent to an activating group) is 1. The van der Waals surface area contributed by atoms with Crippen LogP contribution < -0.4 is 4.90 Å². The first-order chi connectivity index (χ1) is 10.5. The maximum absolute atomic E-state index is 12.5. The van der Waals surface area contributed by atoms with Gasteiger partial charge in [0.05, 0.1) is 10.7 Å². The van der Waals surface area contributed by atoms with Gasteiger partial charge in [-0.1, -0.05) is 69.6 Å². The first kappa shape index (κ1) is 18.9. The number of alkyl halides is 4. The van der Waals surface area contributed by atoms with Crippen molar-refractivity contribution in [2.45, 2.75) is 9.29 Å². The number of carbonyl (C=O) groups is 2. The van der Waals surface area contributed by atoms with Crippen LogP contribution in [0.3, 0.4) is 0 Å². The van der Waals surface area contributed by atoms with E-state index in [0.29, 0.717) is 5.02 Å². The van der Waals surface area contributed by atoms with E-state index in [1.165, 1.54) is 25.2 Å². The monoisotopic (exact) mass is 435 g/mol. The molecule has 1 fully saturated rings. The van der Waals surface area contributed by atoms with Gasteiger partial charge in [0.1, 0.15) is 0 Å². The summed E-state index contributed by atoms with van der Waals surface area (Å²) >= 11 is 34.5. The molecule has 1 aliphatic rings. The number of urea groups is 1. The minimum atomic E-state index is -1.94. The summed E-state index contributed by atoms with van der Waals surface area (Å²) in [5, 5.41) is 0.481. The zero-order valence-electron chi connectivity index (χ0n) is 11.2. The molecule has 0 aliphatic carbocycles. The van der Waals surface area contributed by atoms with Gasteiger partial charge in [0.25, 0.3) is 0 Å². The summed E-state index contributed by atoms with van der Waals surface area (Å²) in [4.78, 5) is 30.4. The molecule has 1 heterocycles. The average molecular weight is 438 g/mol. The molecule has 2 rings (SSSR count). The maximum atomic E-state index is 12.5. The average Bonchev–Trinajstić information content (AvgIpc) is 2.63. The summed E-state index contributed by atoms with van der Waals surface area (Å²) < 4.78 is -1.94. The second-order valence-corrected chi connectivity index (χ2v) is 8.03. The number of carbonyl (C=O) groups excluding carboxylic acids is 2. The molecule has 0 N–H and O–H groups in total. The summed E-state index contributed by atoms with van der Waals surface area (Å²) in [6.07, 6.45) is 0. The van der Waals surface area contributed by atoms with E-state index in [2.05, 4.69) is 4.99 Å². The second kappa shape index (κ2) is 6.82. The molecule has 1 atom stereocenters. The van der Waals surface area contributed by atoms with E-state index in [-0.39, 0.29) is 16.5 Å². The van der Waals surface area contributed by atoms with Crippen molar-refractivity contribution < 1.29 is 9.59 Å².